The number of halogens is 1. The van der Waals surface area contributed by atoms with Crippen molar-refractivity contribution in [3.63, 3.8) is 0 Å². The first-order valence-corrected chi connectivity index (χ1v) is 7.57. The number of sulfonamides is 1. The molecule has 0 saturated heterocycles. The lowest BCUT2D eigenvalue weighted by molar-refractivity contribution is 0.573. The number of nitrogens with two attached hydrogens (primary N) is 1. The van der Waals surface area contributed by atoms with Gasteiger partial charge in [0.25, 0.3) is 10.0 Å². The zero-order chi connectivity index (χ0) is 11.5. The maximum Gasteiger partial charge on any atom is 0.251 e. The van der Waals surface area contributed by atoms with Crippen LogP contribution in [0.25, 0.3) is 0 Å². The molecule has 1 aromatic heterocycles. The highest BCUT2D eigenvalue weighted by molar-refractivity contribution is 9.10. The monoisotopic (exact) mass is 312 g/mol. The molecule has 4 nitrogen and oxygen atoms in total. The number of thiophene rings is 1. The third kappa shape index (κ3) is 3.84. The van der Waals surface area contributed by atoms with Crippen LogP contribution in [0.2, 0.25) is 0 Å². The van der Waals surface area contributed by atoms with Crippen molar-refractivity contribution in [3.8, 4) is 0 Å². The van der Waals surface area contributed by atoms with Gasteiger partial charge in [-0.15, -0.1) is 11.3 Å². The van der Waals surface area contributed by atoms with Crippen molar-refractivity contribution in [2.24, 2.45) is 5.73 Å². The Balaban J connectivity index is 2.65. The lowest BCUT2D eigenvalue weighted by Crippen LogP contribution is -2.28. The van der Waals surface area contributed by atoms with Gasteiger partial charge in [-0.05, 0) is 40.7 Å². The molecule has 0 aliphatic rings. The average Bonchev–Trinajstić information content (AvgIpc) is 2.50. The van der Waals surface area contributed by atoms with E-state index in [1.54, 1.807) is 11.4 Å². The third-order valence-corrected chi connectivity index (χ3v) is 5.85. The maximum absolute atomic E-state index is 11.7. The minimum absolute atomic E-state index is 0.000485. The molecule has 7 heteroatoms. The fraction of sp³-hybridized carbons (Fsp3) is 0.500. The van der Waals surface area contributed by atoms with Gasteiger partial charge in [0.1, 0.15) is 4.21 Å². The second-order valence-electron chi connectivity index (χ2n) is 3.22. The molecule has 86 valence electrons. The Labute approximate surface area is 102 Å². The van der Waals surface area contributed by atoms with Crippen LogP contribution in [0, 0.1) is 0 Å². The summed E-state index contributed by atoms with van der Waals surface area (Å²) in [5, 5.41) is 1.73. The molecule has 0 spiro atoms. The van der Waals surface area contributed by atoms with Gasteiger partial charge in [0, 0.05) is 17.1 Å². The fourth-order valence-corrected chi connectivity index (χ4v) is 4.39. The summed E-state index contributed by atoms with van der Waals surface area (Å²) < 4.78 is 26.9. The minimum Gasteiger partial charge on any atom is -0.328 e. The van der Waals surface area contributed by atoms with E-state index in [0.29, 0.717) is 21.6 Å². The molecule has 1 aromatic rings. The molecule has 15 heavy (non-hydrogen) atoms. The summed E-state index contributed by atoms with van der Waals surface area (Å²) in [6, 6.07) is 1.71. The largest absolute Gasteiger partial charge is 0.328 e. The molecule has 0 radical (unpaired) electrons. The maximum atomic E-state index is 11.7. The van der Waals surface area contributed by atoms with E-state index in [9.17, 15) is 8.42 Å². The van der Waals surface area contributed by atoms with Gasteiger partial charge in [0.15, 0.2) is 0 Å². The molecule has 0 unspecified atom stereocenters. The molecule has 3 N–H and O–H groups in total. The van der Waals surface area contributed by atoms with Crippen molar-refractivity contribution in [1.29, 1.82) is 0 Å². The molecule has 0 amide bonds. The second kappa shape index (κ2) is 5.40. The zero-order valence-electron chi connectivity index (χ0n) is 8.23. The third-order valence-electron chi connectivity index (χ3n) is 1.72. The van der Waals surface area contributed by atoms with Gasteiger partial charge in [-0.3, -0.25) is 0 Å². The first-order chi connectivity index (χ1) is 6.93. The van der Waals surface area contributed by atoms with Crippen molar-refractivity contribution < 1.29 is 8.42 Å². The van der Waals surface area contributed by atoms with E-state index in [0.717, 1.165) is 0 Å². The zero-order valence-corrected chi connectivity index (χ0v) is 11.5. The van der Waals surface area contributed by atoms with Crippen LogP contribution in [0.5, 0.6) is 0 Å². The van der Waals surface area contributed by atoms with Crippen LogP contribution in [-0.2, 0) is 10.0 Å². The van der Waals surface area contributed by atoms with Crippen LogP contribution in [-0.4, -0.2) is 21.0 Å². The highest BCUT2D eigenvalue weighted by atomic mass is 79.9. The first kappa shape index (κ1) is 13.1. The lowest BCUT2D eigenvalue weighted by Gasteiger charge is -2.07. The summed E-state index contributed by atoms with van der Waals surface area (Å²) in [6.45, 7) is 2.21. The Morgan fingerprint density at radius 2 is 2.33 bits per heavy atom. The van der Waals surface area contributed by atoms with Crippen molar-refractivity contribution in [2.75, 3.05) is 6.54 Å². The molecular formula is C8H13BrN2O2S2. The summed E-state index contributed by atoms with van der Waals surface area (Å²) in [5.41, 5.74) is 5.53. The normalized spacial score (nSPS) is 14.1. The van der Waals surface area contributed by atoms with Crippen molar-refractivity contribution in [1.82, 2.24) is 4.72 Å². The van der Waals surface area contributed by atoms with Gasteiger partial charge in [-0.2, -0.15) is 0 Å². The molecular weight excluding hydrogens is 300 g/mol. The van der Waals surface area contributed by atoms with Crippen LogP contribution >= 0.6 is 27.3 Å². The number of hydrogen-bond acceptors (Lipinski definition) is 4. The topological polar surface area (TPSA) is 72.2 Å². The molecule has 1 atom stereocenters. The number of hydrogen-bond donors (Lipinski definition) is 2. The SMILES string of the molecule is C[C@H](N)CCNS(=O)(=O)c1sccc1Br. The molecule has 0 bridgehead atoms. The highest BCUT2D eigenvalue weighted by Gasteiger charge is 2.18. The van der Waals surface area contributed by atoms with Gasteiger partial charge in [0.05, 0.1) is 0 Å². The van der Waals surface area contributed by atoms with Crippen LogP contribution in [0.3, 0.4) is 0 Å². The van der Waals surface area contributed by atoms with E-state index in [4.69, 9.17) is 5.73 Å². The molecule has 1 heterocycles. The fourth-order valence-electron chi connectivity index (χ4n) is 0.958. The minimum atomic E-state index is -3.38. The Kier molecular flexibility index (Phi) is 4.72. The van der Waals surface area contributed by atoms with Crippen molar-refractivity contribution >= 4 is 37.3 Å². The first-order valence-electron chi connectivity index (χ1n) is 4.41. The van der Waals surface area contributed by atoms with Gasteiger partial charge >= 0.3 is 0 Å². The summed E-state index contributed by atoms with van der Waals surface area (Å²) >= 11 is 4.38. The smallest absolute Gasteiger partial charge is 0.251 e. The van der Waals surface area contributed by atoms with E-state index < -0.39 is 10.0 Å². The summed E-state index contributed by atoms with van der Waals surface area (Å²) in [7, 11) is -3.38. The van der Waals surface area contributed by atoms with Crippen LogP contribution in [0.4, 0.5) is 0 Å². The van der Waals surface area contributed by atoms with Gasteiger partial charge in [0.2, 0.25) is 0 Å². The predicted octanol–water partition coefficient (Wildman–Crippen LogP) is 1.53. The van der Waals surface area contributed by atoms with E-state index in [2.05, 4.69) is 20.7 Å². The number of rotatable bonds is 5. The molecule has 0 fully saturated rings. The van der Waals surface area contributed by atoms with Crippen molar-refractivity contribution in [2.45, 2.75) is 23.6 Å². The molecule has 0 saturated carbocycles. The van der Waals surface area contributed by atoms with E-state index >= 15 is 0 Å². The summed E-state index contributed by atoms with van der Waals surface area (Å²) in [4.78, 5) is 0. The van der Waals surface area contributed by atoms with Crippen molar-refractivity contribution in [3.05, 3.63) is 15.9 Å². The van der Waals surface area contributed by atoms with E-state index in [1.165, 1.54) is 11.3 Å². The Bertz CT molecular complexity index is 414. The summed E-state index contributed by atoms with van der Waals surface area (Å²) in [5.74, 6) is 0. The Hall–Kier alpha value is 0.0500. The quantitative estimate of drug-likeness (QED) is 0.866. The Morgan fingerprint density at radius 1 is 1.67 bits per heavy atom. The average molecular weight is 313 g/mol. The standard InChI is InChI=1S/C8H13BrN2O2S2/c1-6(10)2-4-11-15(12,13)8-7(9)3-5-14-8/h3,5-6,11H,2,4,10H2,1H3/t6-/m0/s1. The van der Waals surface area contributed by atoms with Crippen LogP contribution < -0.4 is 10.5 Å². The van der Waals surface area contributed by atoms with Crippen LogP contribution in [0.1, 0.15) is 13.3 Å². The van der Waals surface area contributed by atoms with Gasteiger partial charge in [-0.1, -0.05) is 0 Å². The second-order valence-corrected chi connectivity index (χ2v) is 6.95. The van der Waals surface area contributed by atoms with E-state index in [1.807, 2.05) is 6.92 Å². The van der Waals surface area contributed by atoms with E-state index in [-0.39, 0.29) is 6.04 Å². The molecule has 0 aliphatic heterocycles. The summed E-state index contributed by atoms with van der Waals surface area (Å²) in [6.07, 6.45) is 0.627. The lowest BCUT2D eigenvalue weighted by atomic mass is 10.3. The molecule has 0 aromatic carbocycles. The highest BCUT2D eigenvalue weighted by Crippen LogP contribution is 2.27. The predicted molar refractivity (Wildman–Crippen MR) is 65.5 cm³/mol. The molecule has 0 aliphatic carbocycles. The van der Waals surface area contributed by atoms with Crippen LogP contribution in [0.15, 0.2) is 20.1 Å². The van der Waals surface area contributed by atoms with Gasteiger partial charge < -0.3 is 5.73 Å². The molecule has 1 rings (SSSR count). The number of nitrogens with one attached hydrogen (secondary N) is 1. The Morgan fingerprint density at radius 3 is 2.80 bits per heavy atom. The van der Waals surface area contributed by atoms with Gasteiger partial charge in [-0.25, -0.2) is 13.1 Å².